The highest BCUT2D eigenvalue weighted by molar-refractivity contribution is 7.13. The fourth-order valence-electron chi connectivity index (χ4n) is 10.1. The lowest BCUT2D eigenvalue weighted by Gasteiger charge is -2.45. The zero-order valence-corrected chi connectivity index (χ0v) is 42.4. The quantitative estimate of drug-likeness (QED) is 0.0883. The average molecular weight is 987 g/mol. The third kappa shape index (κ3) is 11.4. The number of thiazole rings is 1. The van der Waals surface area contributed by atoms with Crippen LogP contribution in [0.2, 0.25) is 0 Å². The molecule has 3 amide bonds. The summed E-state index contributed by atoms with van der Waals surface area (Å²) < 4.78 is 5.67. The van der Waals surface area contributed by atoms with Gasteiger partial charge in [-0.05, 0) is 99.6 Å². The van der Waals surface area contributed by atoms with Crippen LogP contribution in [-0.4, -0.2) is 115 Å². The van der Waals surface area contributed by atoms with Gasteiger partial charge in [-0.3, -0.25) is 19.2 Å². The van der Waals surface area contributed by atoms with Crippen molar-refractivity contribution in [3.63, 3.8) is 0 Å². The molecule has 2 unspecified atom stereocenters. The predicted molar refractivity (Wildman–Crippen MR) is 273 cm³/mol. The van der Waals surface area contributed by atoms with Crippen LogP contribution >= 0.6 is 11.3 Å². The number of aromatic hydroxyl groups is 1. The molecule has 0 spiro atoms. The Kier molecular flexibility index (Phi) is 15.2. The number of amides is 3. The van der Waals surface area contributed by atoms with E-state index in [9.17, 15) is 24.3 Å². The normalized spacial score (nSPS) is 22.4. The molecule has 5 aromatic rings. The second kappa shape index (κ2) is 21.3. The molecule has 1 aliphatic carbocycles. The molecule has 2 aromatic carbocycles. The van der Waals surface area contributed by atoms with Crippen LogP contribution in [0, 0.1) is 18.3 Å². The van der Waals surface area contributed by atoms with E-state index in [4.69, 9.17) is 26.2 Å². The summed E-state index contributed by atoms with van der Waals surface area (Å²) in [4.78, 5) is 76.3. The maximum absolute atomic E-state index is 14.7. The predicted octanol–water partition coefficient (Wildman–Crippen LogP) is 5.74. The molecule has 7 N–H and O–H groups in total. The molecule has 1 saturated carbocycles. The summed E-state index contributed by atoms with van der Waals surface area (Å²) in [6, 6.07) is 14.1. The first kappa shape index (κ1) is 50.7. The lowest BCUT2D eigenvalue weighted by atomic mass is 9.78. The van der Waals surface area contributed by atoms with Gasteiger partial charge in [0.2, 0.25) is 23.7 Å². The van der Waals surface area contributed by atoms with E-state index in [1.807, 2.05) is 82.0 Å². The van der Waals surface area contributed by atoms with Gasteiger partial charge >= 0.3 is 5.97 Å². The Bertz CT molecular complexity index is 2690. The van der Waals surface area contributed by atoms with Crippen molar-refractivity contribution in [3.05, 3.63) is 89.3 Å². The zero-order chi connectivity index (χ0) is 50.7. The van der Waals surface area contributed by atoms with Crippen molar-refractivity contribution in [2.75, 3.05) is 35.2 Å². The molecule has 6 atom stereocenters. The molecule has 0 bridgehead atoms. The van der Waals surface area contributed by atoms with Gasteiger partial charge in [0.15, 0.2) is 5.82 Å². The number of piperazine rings is 1. The van der Waals surface area contributed by atoms with Crippen LogP contribution in [-0.2, 0) is 30.5 Å². The minimum atomic E-state index is -0.957. The van der Waals surface area contributed by atoms with E-state index >= 15 is 0 Å². The van der Waals surface area contributed by atoms with Crippen LogP contribution in [0.25, 0.3) is 21.7 Å². The first-order valence-corrected chi connectivity index (χ1v) is 25.3. The number of phenols is 1. The van der Waals surface area contributed by atoms with Crippen molar-refractivity contribution in [2.45, 2.75) is 129 Å². The van der Waals surface area contributed by atoms with Gasteiger partial charge in [0.1, 0.15) is 30.0 Å². The molecule has 18 nitrogen and oxygen atoms in total. The minimum absolute atomic E-state index is 0.0120. The van der Waals surface area contributed by atoms with Crippen molar-refractivity contribution in [3.8, 4) is 27.4 Å². The SMILES string of the molecule is Cc1ncsc1-c1ccc(CNC(=O)[C@@H]2C[C@@H](OC(=O)[C@H](C)N)CN2C(=O)[C@@H](NC(=O)[C@H]2CC[C@H](c3cnc(N4C(C)CN(c5cc(-c6ccccc6O)nnc5N)CC4C)nc3)CC2)C(C)(C)C)cc1. The number of hydrogen-bond acceptors (Lipinski definition) is 16. The number of nitrogens with zero attached hydrogens (tertiary/aromatic N) is 8. The Labute approximate surface area is 419 Å². The third-order valence-corrected chi connectivity index (χ3v) is 15.0. The molecule has 3 aromatic heterocycles. The van der Waals surface area contributed by atoms with Gasteiger partial charge in [0.25, 0.3) is 0 Å². The van der Waals surface area contributed by atoms with Gasteiger partial charge in [-0.15, -0.1) is 21.5 Å². The topological polar surface area (TPSA) is 248 Å². The average Bonchev–Trinajstić information content (AvgIpc) is 3.98. The number of likely N-dealkylation sites (tertiary alicyclic amines) is 1. The number of carbonyl (C=O) groups is 4. The number of hydrogen-bond donors (Lipinski definition) is 5. The van der Waals surface area contributed by atoms with Crippen molar-refractivity contribution >= 4 is 52.5 Å². The number of aromatic nitrogens is 5. The number of ether oxygens (including phenoxy) is 1. The monoisotopic (exact) mass is 986 g/mol. The molecule has 5 heterocycles. The van der Waals surface area contributed by atoms with Gasteiger partial charge in [-0.2, -0.15) is 0 Å². The summed E-state index contributed by atoms with van der Waals surface area (Å²) in [5.74, 6) is -0.695. The van der Waals surface area contributed by atoms with Crippen LogP contribution in [0.5, 0.6) is 5.75 Å². The molecule has 71 heavy (non-hydrogen) atoms. The first-order chi connectivity index (χ1) is 33.9. The highest BCUT2D eigenvalue weighted by atomic mass is 32.1. The number of carbonyl (C=O) groups excluding carboxylic acids is 4. The van der Waals surface area contributed by atoms with Crippen LogP contribution in [0.1, 0.15) is 96.4 Å². The number of rotatable bonds is 13. The van der Waals surface area contributed by atoms with E-state index in [1.165, 1.54) is 11.8 Å². The zero-order valence-electron chi connectivity index (χ0n) is 41.5. The molecular formula is C52H66N12O6S. The molecule has 3 aliphatic rings. The molecular weight excluding hydrogens is 921 g/mol. The summed E-state index contributed by atoms with van der Waals surface area (Å²) in [5, 5.41) is 25.0. The number of anilines is 3. The van der Waals surface area contributed by atoms with Gasteiger partial charge in [0, 0.05) is 62.0 Å². The molecule has 2 aliphatic heterocycles. The molecule has 2 saturated heterocycles. The Morgan fingerprint density at radius 3 is 2.21 bits per heavy atom. The van der Waals surface area contributed by atoms with E-state index in [1.54, 1.807) is 29.5 Å². The van der Waals surface area contributed by atoms with Gasteiger partial charge in [-0.1, -0.05) is 57.2 Å². The van der Waals surface area contributed by atoms with Gasteiger partial charge in [0.05, 0.1) is 34.0 Å². The van der Waals surface area contributed by atoms with Crippen LogP contribution in [0.4, 0.5) is 17.5 Å². The van der Waals surface area contributed by atoms with Gasteiger partial charge < -0.3 is 46.6 Å². The third-order valence-electron chi connectivity index (χ3n) is 14.0. The first-order valence-electron chi connectivity index (χ1n) is 24.5. The summed E-state index contributed by atoms with van der Waals surface area (Å²) in [5.41, 5.74) is 19.0. The number of nitrogens with two attached hydrogens (primary N) is 2. The van der Waals surface area contributed by atoms with Gasteiger partial charge in [-0.25, -0.2) is 15.0 Å². The largest absolute Gasteiger partial charge is 0.507 e. The molecule has 19 heteroatoms. The number of nitrogens with one attached hydrogen (secondary N) is 2. The smallest absolute Gasteiger partial charge is 0.322 e. The van der Waals surface area contributed by atoms with Crippen LogP contribution < -0.4 is 31.9 Å². The Morgan fingerprint density at radius 1 is 0.915 bits per heavy atom. The number of esters is 1. The van der Waals surface area contributed by atoms with E-state index < -0.39 is 41.5 Å². The second-order valence-corrected chi connectivity index (χ2v) is 21.3. The number of benzene rings is 2. The molecule has 0 radical (unpaired) electrons. The maximum atomic E-state index is 14.7. The highest BCUT2D eigenvalue weighted by Crippen LogP contribution is 2.38. The highest BCUT2D eigenvalue weighted by Gasteiger charge is 2.47. The van der Waals surface area contributed by atoms with E-state index in [0.29, 0.717) is 49.0 Å². The van der Waals surface area contributed by atoms with Crippen LogP contribution in [0.15, 0.2) is 72.5 Å². The Hall–Kier alpha value is -6.73. The molecule has 3 fully saturated rings. The van der Waals surface area contributed by atoms with Crippen molar-refractivity contribution in [1.29, 1.82) is 0 Å². The van der Waals surface area contributed by atoms with E-state index in [0.717, 1.165) is 45.8 Å². The summed E-state index contributed by atoms with van der Waals surface area (Å²) in [6.07, 6.45) is 5.88. The van der Waals surface area contributed by atoms with Crippen molar-refractivity contribution < 1.29 is 29.0 Å². The number of phenolic OH excluding ortho intramolecular Hbond substituents is 1. The van der Waals surface area contributed by atoms with E-state index in [2.05, 4.69) is 49.5 Å². The fraction of sp³-hybridized carbons (Fsp3) is 0.481. The van der Waals surface area contributed by atoms with Crippen molar-refractivity contribution in [2.24, 2.45) is 17.1 Å². The summed E-state index contributed by atoms with van der Waals surface area (Å²) >= 11 is 1.57. The Morgan fingerprint density at radius 2 is 1.59 bits per heavy atom. The lowest BCUT2D eigenvalue weighted by Crippen LogP contribution is -2.58. The minimum Gasteiger partial charge on any atom is -0.507 e. The number of nitrogen functional groups attached to an aromatic ring is 1. The summed E-state index contributed by atoms with van der Waals surface area (Å²) in [7, 11) is 0. The summed E-state index contributed by atoms with van der Waals surface area (Å²) in [6.45, 7) is 14.9. The van der Waals surface area contributed by atoms with E-state index in [-0.39, 0.29) is 61.0 Å². The van der Waals surface area contributed by atoms with Crippen LogP contribution in [0.3, 0.4) is 0 Å². The number of para-hydroxylation sites is 1. The fourth-order valence-corrected chi connectivity index (χ4v) is 10.9. The molecule has 376 valence electrons. The maximum Gasteiger partial charge on any atom is 0.322 e. The Balaban J connectivity index is 0.874. The van der Waals surface area contributed by atoms with Crippen molar-refractivity contribution in [1.82, 2.24) is 40.7 Å². The second-order valence-electron chi connectivity index (χ2n) is 20.5. The standard InChI is InChI=1S/C52H66N12O6S/c1-29-25-62(41-21-40(60-61-46(41)54)39-10-8-9-11-43(39)65)26-30(2)64(29)51-56-23-37(24-57-51)34-16-18-36(19-17-34)47(66)59-45(52(5,6)7)49(68)63-27-38(70-50(69)31(3)53)20-42(63)48(67)55-22-33-12-14-35(15-13-33)44-32(4)58-28-71-44/h8-15,21,23-24,28-31,34,36,38,42,45,65H,16-20,22,25-27,53H2,1-7H3,(H2,54,61)(H,55,67)(H,59,66)/t29?,30?,31-,34-,36-,38+,42-,45+/m0/s1. The number of aryl methyl sites for hydroxylation is 1. The lowest BCUT2D eigenvalue weighted by molar-refractivity contribution is -0.150. The molecule has 8 rings (SSSR count).